The van der Waals surface area contributed by atoms with E-state index in [1.54, 1.807) is 26.0 Å². The molecule has 0 aromatic heterocycles. The molecular formula is C6H12O2. The molecule has 48 valence electrons. The molecule has 2 N–H and O–H groups in total. The highest BCUT2D eigenvalue weighted by atomic mass is 16.3. The minimum Gasteiger partial charge on any atom is -0.393 e. The van der Waals surface area contributed by atoms with Gasteiger partial charge >= 0.3 is 0 Å². The van der Waals surface area contributed by atoms with Crippen molar-refractivity contribution in [2.24, 2.45) is 0 Å². The van der Waals surface area contributed by atoms with Crippen LogP contribution in [0.1, 0.15) is 13.8 Å². The minimum absolute atomic E-state index is 0.225. The number of allylic oxidation sites excluding steroid dienone is 1. The molecule has 2 heteroatoms. The fourth-order valence-corrected chi connectivity index (χ4v) is 0.412. The Balaban J connectivity index is 3.71. The van der Waals surface area contributed by atoms with Crippen molar-refractivity contribution in [3.63, 3.8) is 0 Å². The molecule has 0 amide bonds. The summed E-state index contributed by atoms with van der Waals surface area (Å²) in [7, 11) is 0. The zero-order chi connectivity index (χ0) is 6.62. The zero-order valence-corrected chi connectivity index (χ0v) is 5.26. The third-order valence-corrected chi connectivity index (χ3v) is 0.846. The first-order valence-corrected chi connectivity index (χ1v) is 2.59. The first-order valence-electron chi connectivity index (χ1n) is 2.59. The van der Waals surface area contributed by atoms with Gasteiger partial charge < -0.3 is 10.2 Å². The summed E-state index contributed by atoms with van der Waals surface area (Å²) in [4.78, 5) is 0. The molecule has 0 aliphatic heterocycles. The van der Waals surface area contributed by atoms with Gasteiger partial charge in [-0.1, -0.05) is 12.2 Å². The molecule has 0 aromatic rings. The second-order valence-corrected chi connectivity index (χ2v) is 2.02. The highest BCUT2D eigenvalue weighted by molar-refractivity contribution is 4.95. The summed E-state index contributed by atoms with van der Waals surface area (Å²) in [5.74, 6) is 0. The molecule has 0 spiro atoms. The van der Waals surface area contributed by atoms with Gasteiger partial charge in [-0.15, -0.1) is 0 Å². The van der Waals surface area contributed by atoms with Crippen molar-refractivity contribution in [3.8, 4) is 0 Å². The van der Waals surface area contributed by atoms with Gasteiger partial charge in [0.15, 0.2) is 0 Å². The predicted octanol–water partition coefficient (Wildman–Crippen LogP) is 0.306. The molecule has 0 aliphatic rings. The normalized spacial score (nSPS) is 19.0. The van der Waals surface area contributed by atoms with Crippen LogP contribution in [0.4, 0.5) is 0 Å². The molecule has 0 radical (unpaired) electrons. The molecule has 8 heavy (non-hydrogen) atoms. The monoisotopic (exact) mass is 116 g/mol. The summed E-state index contributed by atoms with van der Waals surface area (Å²) in [5.41, 5.74) is -1.03. The Labute approximate surface area is 49.5 Å². The van der Waals surface area contributed by atoms with Crippen molar-refractivity contribution in [2.45, 2.75) is 19.4 Å². The van der Waals surface area contributed by atoms with Crippen LogP contribution in [0.25, 0.3) is 0 Å². The van der Waals surface area contributed by atoms with Crippen LogP contribution >= 0.6 is 0 Å². The summed E-state index contributed by atoms with van der Waals surface area (Å²) < 4.78 is 0. The van der Waals surface area contributed by atoms with Crippen LogP contribution in [-0.2, 0) is 0 Å². The molecule has 0 saturated carbocycles. The number of aliphatic hydroxyl groups is 2. The molecule has 1 unspecified atom stereocenters. The van der Waals surface area contributed by atoms with Crippen molar-refractivity contribution in [1.29, 1.82) is 0 Å². The smallest absolute Gasteiger partial charge is 0.103 e. The molecule has 0 heterocycles. The lowest BCUT2D eigenvalue weighted by atomic mass is 10.1. The van der Waals surface area contributed by atoms with E-state index in [4.69, 9.17) is 10.2 Å². The lowest BCUT2D eigenvalue weighted by molar-refractivity contribution is 0.0434. The molecule has 0 rings (SSSR count). The number of rotatable bonds is 2. The molecule has 0 aromatic carbocycles. The van der Waals surface area contributed by atoms with E-state index in [0.717, 1.165) is 0 Å². The number of hydrogen-bond acceptors (Lipinski definition) is 2. The maximum absolute atomic E-state index is 8.99. The Morgan fingerprint density at radius 2 is 2.12 bits per heavy atom. The van der Waals surface area contributed by atoms with Crippen LogP contribution in [0.3, 0.4) is 0 Å². The van der Waals surface area contributed by atoms with Crippen molar-refractivity contribution in [2.75, 3.05) is 6.61 Å². The van der Waals surface area contributed by atoms with Crippen LogP contribution < -0.4 is 0 Å². The van der Waals surface area contributed by atoms with E-state index in [0.29, 0.717) is 0 Å². The summed E-state index contributed by atoms with van der Waals surface area (Å²) in [6, 6.07) is 0. The Morgan fingerprint density at radius 3 is 2.25 bits per heavy atom. The van der Waals surface area contributed by atoms with Gasteiger partial charge in [0.1, 0.15) is 5.60 Å². The highest BCUT2D eigenvalue weighted by Gasteiger charge is 2.12. The molecule has 1 atom stereocenters. The van der Waals surface area contributed by atoms with Gasteiger partial charge in [-0.3, -0.25) is 0 Å². The van der Waals surface area contributed by atoms with Crippen molar-refractivity contribution in [1.82, 2.24) is 0 Å². The van der Waals surface area contributed by atoms with Gasteiger partial charge in [-0.05, 0) is 13.8 Å². The SMILES string of the molecule is CC=CC(C)(O)CO. The van der Waals surface area contributed by atoms with E-state index >= 15 is 0 Å². The second-order valence-electron chi connectivity index (χ2n) is 2.02. The van der Waals surface area contributed by atoms with Crippen molar-refractivity contribution >= 4 is 0 Å². The largest absolute Gasteiger partial charge is 0.393 e. The van der Waals surface area contributed by atoms with E-state index in [2.05, 4.69) is 0 Å². The summed E-state index contributed by atoms with van der Waals surface area (Å²) in [5, 5.41) is 17.4. The molecule has 0 aliphatic carbocycles. The summed E-state index contributed by atoms with van der Waals surface area (Å²) in [6.07, 6.45) is 3.25. The fourth-order valence-electron chi connectivity index (χ4n) is 0.412. The van der Waals surface area contributed by atoms with Crippen molar-refractivity contribution in [3.05, 3.63) is 12.2 Å². The minimum atomic E-state index is -1.03. The highest BCUT2D eigenvalue weighted by Crippen LogP contribution is 2.01. The van der Waals surface area contributed by atoms with Gasteiger partial charge in [0.2, 0.25) is 0 Å². The van der Waals surface area contributed by atoms with Crippen LogP contribution in [0.5, 0.6) is 0 Å². The maximum atomic E-state index is 8.99. The van der Waals surface area contributed by atoms with E-state index in [9.17, 15) is 0 Å². The first kappa shape index (κ1) is 7.66. The average molecular weight is 116 g/mol. The number of hydrogen-bond donors (Lipinski definition) is 2. The van der Waals surface area contributed by atoms with Crippen LogP contribution in [0.2, 0.25) is 0 Å². The Hall–Kier alpha value is -0.340. The third kappa shape index (κ3) is 2.77. The fraction of sp³-hybridized carbons (Fsp3) is 0.667. The van der Waals surface area contributed by atoms with E-state index in [1.807, 2.05) is 0 Å². The Morgan fingerprint density at radius 1 is 1.62 bits per heavy atom. The lowest BCUT2D eigenvalue weighted by Crippen LogP contribution is -2.25. The van der Waals surface area contributed by atoms with E-state index < -0.39 is 5.60 Å². The van der Waals surface area contributed by atoms with Crippen LogP contribution in [0, 0.1) is 0 Å². The molecule has 2 nitrogen and oxygen atoms in total. The zero-order valence-electron chi connectivity index (χ0n) is 5.26. The molecule has 0 saturated heterocycles. The summed E-state index contributed by atoms with van der Waals surface area (Å²) >= 11 is 0. The average Bonchev–Trinajstić information content (AvgIpc) is 1.67. The Kier molecular flexibility index (Phi) is 2.72. The standard InChI is InChI=1S/C6H12O2/c1-3-4-6(2,8)5-7/h3-4,7-8H,5H2,1-2H3. The molecular weight excluding hydrogens is 104 g/mol. The van der Waals surface area contributed by atoms with E-state index in [-0.39, 0.29) is 6.61 Å². The quantitative estimate of drug-likeness (QED) is 0.509. The lowest BCUT2D eigenvalue weighted by Gasteiger charge is -2.13. The first-order chi connectivity index (χ1) is 3.62. The maximum Gasteiger partial charge on any atom is 0.103 e. The topological polar surface area (TPSA) is 40.5 Å². The molecule has 0 bridgehead atoms. The van der Waals surface area contributed by atoms with Gasteiger partial charge in [0.25, 0.3) is 0 Å². The van der Waals surface area contributed by atoms with Gasteiger partial charge in [0.05, 0.1) is 6.61 Å². The Bertz CT molecular complexity index is 84.5. The van der Waals surface area contributed by atoms with Crippen LogP contribution in [-0.4, -0.2) is 22.4 Å². The number of aliphatic hydroxyl groups excluding tert-OH is 1. The van der Waals surface area contributed by atoms with E-state index in [1.165, 1.54) is 0 Å². The third-order valence-electron chi connectivity index (χ3n) is 0.846. The van der Waals surface area contributed by atoms with Crippen LogP contribution in [0.15, 0.2) is 12.2 Å². The predicted molar refractivity (Wildman–Crippen MR) is 32.5 cm³/mol. The second kappa shape index (κ2) is 2.84. The molecule has 0 fully saturated rings. The van der Waals surface area contributed by atoms with Crippen molar-refractivity contribution < 1.29 is 10.2 Å². The van der Waals surface area contributed by atoms with Gasteiger partial charge in [-0.25, -0.2) is 0 Å². The summed E-state index contributed by atoms with van der Waals surface area (Å²) in [6.45, 7) is 3.12. The van der Waals surface area contributed by atoms with Gasteiger partial charge in [-0.2, -0.15) is 0 Å². The van der Waals surface area contributed by atoms with Gasteiger partial charge in [0, 0.05) is 0 Å².